The molecule has 0 bridgehead atoms. The van der Waals surface area contributed by atoms with E-state index in [4.69, 9.17) is 9.84 Å². The lowest BCUT2D eigenvalue weighted by molar-refractivity contribution is -0.142. The fraction of sp³-hybridized carbons (Fsp3) is 0.889. The van der Waals surface area contributed by atoms with Crippen molar-refractivity contribution in [2.75, 3.05) is 26.8 Å². The standard InChI is InChI=1S/C9H18N2O5S/c1-3-4-10-17(14,15)11(2)8-6-16-5-7(8)9(12)13/h7-8,10H,3-6H2,1-2H3,(H,12,13). The van der Waals surface area contributed by atoms with Gasteiger partial charge in [-0.15, -0.1) is 0 Å². The lowest BCUT2D eigenvalue weighted by Crippen LogP contribution is -2.48. The van der Waals surface area contributed by atoms with Gasteiger partial charge in [0.05, 0.1) is 25.2 Å². The molecule has 100 valence electrons. The number of nitrogens with one attached hydrogen (secondary N) is 1. The third kappa shape index (κ3) is 3.38. The molecular formula is C9H18N2O5S. The van der Waals surface area contributed by atoms with Gasteiger partial charge in [0.1, 0.15) is 0 Å². The zero-order valence-electron chi connectivity index (χ0n) is 9.92. The van der Waals surface area contributed by atoms with Crippen LogP contribution in [0.3, 0.4) is 0 Å². The van der Waals surface area contributed by atoms with E-state index >= 15 is 0 Å². The smallest absolute Gasteiger partial charge is 0.310 e. The van der Waals surface area contributed by atoms with E-state index in [1.165, 1.54) is 7.05 Å². The van der Waals surface area contributed by atoms with Gasteiger partial charge in [-0.05, 0) is 6.42 Å². The van der Waals surface area contributed by atoms with Gasteiger partial charge in [-0.3, -0.25) is 4.79 Å². The van der Waals surface area contributed by atoms with Crippen molar-refractivity contribution in [3.05, 3.63) is 0 Å². The van der Waals surface area contributed by atoms with E-state index < -0.39 is 28.1 Å². The van der Waals surface area contributed by atoms with Crippen LogP contribution < -0.4 is 4.72 Å². The van der Waals surface area contributed by atoms with E-state index in [1.807, 2.05) is 6.92 Å². The molecular weight excluding hydrogens is 248 g/mol. The average molecular weight is 266 g/mol. The van der Waals surface area contributed by atoms with Crippen LogP contribution in [0, 0.1) is 5.92 Å². The van der Waals surface area contributed by atoms with Crippen molar-refractivity contribution in [3.8, 4) is 0 Å². The van der Waals surface area contributed by atoms with Gasteiger partial charge < -0.3 is 9.84 Å². The Morgan fingerprint density at radius 1 is 1.53 bits per heavy atom. The third-order valence-corrected chi connectivity index (χ3v) is 4.35. The molecule has 2 unspecified atom stereocenters. The van der Waals surface area contributed by atoms with Gasteiger partial charge in [0.2, 0.25) is 0 Å². The molecule has 0 aromatic rings. The topological polar surface area (TPSA) is 95.9 Å². The Balaban J connectivity index is 2.74. The Kier molecular flexibility index (Phi) is 4.87. The Labute approximate surface area is 101 Å². The maximum Gasteiger partial charge on any atom is 0.310 e. The lowest BCUT2D eigenvalue weighted by atomic mass is 10.1. The summed E-state index contributed by atoms with van der Waals surface area (Å²) in [5, 5.41) is 8.95. The van der Waals surface area contributed by atoms with Crippen LogP contribution in [-0.4, -0.2) is 56.6 Å². The largest absolute Gasteiger partial charge is 0.481 e. The van der Waals surface area contributed by atoms with Crippen LogP contribution in [-0.2, 0) is 19.7 Å². The SMILES string of the molecule is CCCNS(=O)(=O)N(C)C1COCC1C(=O)O. The highest BCUT2D eigenvalue weighted by atomic mass is 32.2. The van der Waals surface area contributed by atoms with Gasteiger partial charge in [-0.1, -0.05) is 6.92 Å². The van der Waals surface area contributed by atoms with E-state index in [9.17, 15) is 13.2 Å². The fourth-order valence-electron chi connectivity index (χ4n) is 1.65. The van der Waals surface area contributed by atoms with Crippen LogP contribution in [0.1, 0.15) is 13.3 Å². The summed E-state index contributed by atoms with van der Waals surface area (Å²) in [6.45, 7) is 2.34. The Hall–Kier alpha value is -0.700. The maximum atomic E-state index is 11.8. The zero-order chi connectivity index (χ0) is 13.1. The van der Waals surface area contributed by atoms with Crippen molar-refractivity contribution in [1.29, 1.82) is 0 Å². The minimum atomic E-state index is -3.63. The highest BCUT2D eigenvalue weighted by Crippen LogP contribution is 2.20. The van der Waals surface area contributed by atoms with Crippen LogP contribution in [0.5, 0.6) is 0 Å². The summed E-state index contributed by atoms with van der Waals surface area (Å²) in [4.78, 5) is 10.9. The number of ether oxygens (including phenoxy) is 1. The molecule has 2 atom stereocenters. The van der Waals surface area contributed by atoms with Gasteiger partial charge >= 0.3 is 5.97 Å². The first-order valence-electron chi connectivity index (χ1n) is 5.43. The van der Waals surface area contributed by atoms with Crippen molar-refractivity contribution in [2.45, 2.75) is 19.4 Å². The summed E-state index contributed by atoms with van der Waals surface area (Å²) in [7, 11) is -2.26. The first kappa shape index (κ1) is 14.4. The van der Waals surface area contributed by atoms with Crippen LogP contribution >= 0.6 is 0 Å². The van der Waals surface area contributed by atoms with E-state index in [2.05, 4.69) is 4.72 Å². The molecule has 1 rings (SSSR count). The van der Waals surface area contributed by atoms with Crippen molar-refractivity contribution in [1.82, 2.24) is 9.03 Å². The fourth-order valence-corrected chi connectivity index (χ4v) is 2.88. The van der Waals surface area contributed by atoms with Crippen molar-refractivity contribution < 1.29 is 23.1 Å². The summed E-state index contributed by atoms with van der Waals surface area (Å²) < 4.78 is 32.1. The monoisotopic (exact) mass is 266 g/mol. The average Bonchev–Trinajstić information content (AvgIpc) is 2.74. The number of likely N-dealkylation sites (N-methyl/N-ethyl adjacent to an activating group) is 1. The molecule has 7 nitrogen and oxygen atoms in total. The molecule has 0 saturated carbocycles. The number of carboxylic acids is 1. The quantitative estimate of drug-likeness (QED) is 0.660. The number of aliphatic carboxylic acids is 1. The van der Waals surface area contributed by atoms with E-state index in [0.717, 1.165) is 4.31 Å². The van der Waals surface area contributed by atoms with Gasteiger partial charge in [0.25, 0.3) is 10.2 Å². The Bertz CT molecular complexity index is 370. The number of hydrogen-bond donors (Lipinski definition) is 2. The molecule has 17 heavy (non-hydrogen) atoms. The molecule has 0 aromatic heterocycles. The van der Waals surface area contributed by atoms with Crippen LogP contribution in [0.15, 0.2) is 0 Å². The van der Waals surface area contributed by atoms with E-state index in [1.54, 1.807) is 0 Å². The molecule has 0 radical (unpaired) electrons. The van der Waals surface area contributed by atoms with Crippen molar-refractivity contribution in [3.63, 3.8) is 0 Å². The highest BCUT2D eigenvalue weighted by molar-refractivity contribution is 7.87. The number of hydrogen-bond acceptors (Lipinski definition) is 4. The van der Waals surface area contributed by atoms with Crippen molar-refractivity contribution in [2.24, 2.45) is 5.92 Å². The molecule has 2 N–H and O–H groups in total. The van der Waals surface area contributed by atoms with Gasteiger partial charge in [-0.2, -0.15) is 12.7 Å². The summed E-state index contributed by atoms with van der Waals surface area (Å²) in [5.74, 6) is -1.84. The van der Waals surface area contributed by atoms with Crippen LogP contribution in [0.4, 0.5) is 0 Å². The molecule has 0 aromatic carbocycles. The molecule has 0 spiro atoms. The molecule has 1 aliphatic heterocycles. The summed E-state index contributed by atoms with van der Waals surface area (Å²) in [5.41, 5.74) is 0. The first-order chi connectivity index (χ1) is 7.90. The normalized spacial score (nSPS) is 25.4. The van der Waals surface area contributed by atoms with Crippen LogP contribution in [0.25, 0.3) is 0 Å². The summed E-state index contributed by atoms with van der Waals surface area (Å²) in [6, 6.07) is -0.651. The minimum Gasteiger partial charge on any atom is -0.481 e. The van der Waals surface area contributed by atoms with Gasteiger partial charge in [0.15, 0.2) is 0 Å². The zero-order valence-corrected chi connectivity index (χ0v) is 10.7. The second kappa shape index (κ2) is 5.76. The Morgan fingerprint density at radius 3 is 2.71 bits per heavy atom. The van der Waals surface area contributed by atoms with E-state index in [0.29, 0.717) is 13.0 Å². The maximum absolute atomic E-state index is 11.8. The lowest BCUT2D eigenvalue weighted by Gasteiger charge is -2.25. The van der Waals surface area contributed by atoms with E-state index in [-0.39, 0.29) is 13.2 Å². The number of nitrogens with zero attached hydrogens (tertiary/aromatic N) is 1. The van der Waals surface area contributed by atoms with Gasteiger partial charge in [-0.25, -0.2) is 4.72 Å². The van der Waals surface area contributed by atoms with Crippen LogP contribution in [0.2, 0.25) is 0 Å². The minimum absolute atomic E-state index is 0.0492. The third-order valence-electron chi connectivity index (χ3n) is 2.75. The number of rotatable bonds is 6. The predicted molar refractivity (Wildman–Crippen MR) is 60.7 cm³/mol. The molecule has 1 saturated heterocycles. The number of carbonyl (C=O) groups is 1. The molecule has 1 aliphatic rings. The first-order valence-corrected chi connectivity index (χ1v) is 6.87. The van der Waals surface area contributed by atoms with Gasteiger partial charge in [0, 0.05) is 13.6 Å². The molecule has 0 aliphatic carbocycles. The highest BCUT2D eigenvalue weighted by Gasteiger charge is 2.40. The second-order valence-electron chi connectivity index (χ2n) is 3.97. The van der Waals surface area contributed by atoms with Crippen molar-refractivity contribution >= 4 is 16.2 Å². The Morgan fingerprint density at radius 2 is 2.18 bits per heavy atom. The predicted octanol–water partition coefficient (Wildman–Crippen LogP) is -0.738. The summed E-state index contributed by atoms with van der Waals surface area (Å²) >= 11 is 0. The molecule has 1 fully saturated rings. The molecule has 1 heterocycles. The number of carboxylic acid groups (broad SMARTS) is 1. The summed E-state index contributed by atoms with van der Waals surface area (Å²) in [6.07, 6.45) is 0.677. The second-order valence-corrected chi connectivity index (χ2v) is 5.78. The molecule has 8 heteroatoms. The molecule has 0 amide bonds.